The molecule has 7 heteroatoms. The van der Waals surface area contributed by atoms with Gasteiger partial charge >= 0.3 is 0 Å². The number of hydrogen-bond acceptors (Lipinski definition) is 5. The molecule has 2 unspecified atom stereocenters. The van der Waals surface area contributed by atoms with Gasteiger partial charge in [-0.15, -0.1) is 0 Å². The summed E-state index contributed by atoms with van der Waals surface area (Å²) in [6, 6.07) is 31.3. The zero-order valence-electron chi connectivity index (χ0n) is 21.8. The van der Waals surface area contributed by atoms with Crippen molar-refractivity contribution in [2.45, 2.75) is 25.7 Å². The predicted molar refractivity (Wildman–Crippen MR) is 159 cm³/mol. The van der Waals surface area contributed by atoms with E-state index in [-0.39, 0.29) is 0 Å². The van der Waals surface area contributed by atoms with E-state index in [0.717, 1.165) is 58.5 Å². The van der Waals surface area contributed by atoms with Gasteiger partial charge in [-0.1, -0.05) is 72.8 Å². The molecule has 4 aromatic rings. The summed E-state index contributed by atoms with van der Waals surface area (Å²) >= 11 is 0. The van der Waals surface area contributed by atoms with Gasteiger partial charge in [-0.3, -0.25) is 9.13 Å². The number of fused-ring (bicyclic) bond motifs is 6. The predicted octanol–water partition coefficient (Wildman–Crippen LogP) is 7.89. The molecule has 0 saturated heterocycles. The van der Waals surface area contributed by atoms with Gasteiger partial charge in [0, 0.05) is 36.7 Å². The third kappa shape index (κ3) is 5.24. The van der Waals surface area contributed by atoms with E-state index in [1.54, 1.807) is 0 Å². The Morgan fingerprint density at radius 1 is 0.487 bits per heavy atom. The van der Waals surface area contributed by atoms with E-state index >= 15 is 0 Å². The van der Waals surface area contributed by atoms with Crippen molar-refractivity contribution in [3.8, 4) is 33.8 Å². The molecule has 6 rings (SSSR count). The Morgan fingerprint density at radius 3 is 1.33 bits per heavy atom. The lowest BCUT2D eigenvalue weighted by atomic mass is 10.0. The first kappa shape index (κ1) is 26.1. The minimum atomic E-state index is -2.98. The SMILES string of the molecule is O=P1(CCCCOCCCCP2(=O)Oc3ccccc3-c3ccccc32)Oc2ccccc2-c2ccccc21. The Labute approximate surface area is 230 Å². The van der Waals surface area contributed by atoms with Crippen LogP contribution in [-0.2, 0) is 13.9 Å². The highest BCUT2D eigenvalue weighted by atomic mass is 31.2. The van der Waals surface area contributed by atoms with E-state index in [2.05, 4.69) is 0 Å². The van der Waals surface area contributed by atoms with Gasteiger partial charge in [-0.25, -0.2) is 0 Å². The van der Waals surface area contributed by atoms with Crippen LogP contribution in [0.3, 0.4) is 0 Å². The second-order valence-corrected chi connectivity index (χ2v) is 14.9. The first-order valence-corrected chi connectivity index (χ1v) is 17.2. The maximum atomic E-state index is 13.8. The van der Waals surface area contributed by atoms with E-state index in [4.69, 9.17) is 13.8 Å². The van der Waals surface area contributed by atoms with Crippen LogP contribution in [0, 0.1) is 0 Å². The summed E-state index contributed by atoms with van der Waals surface area (Å²) in [7, 11) is -5.95. The summed E-state index contributed by atoms with van der Waals surface area (Å²) in [5.74, 6) is 1.39. The Bertz CT molecular complexity index is 1460. The van der Waals surface area contributed by atoms with Gasteiger partial charge in [0.25, 0.3) is 14.7 Å². The largest absolute Gasteiger partial charge is 0.439 e. The molecule has 0 bridgehead atoms. The van der Waals surface area contributed by atoms with Crippen LogP contribution in [0.2, 0.25) is 0 Å². The Kier molecular flexibility index (Phi) is 7.49. The second-order valence-electron chi connectivity index (χ2n) is 10.0. The molecule has 2 aliphatic heterocycles. The molecule has 2 atom stereocenters. The lowest BCUT2D eigenvalue weighted by molar-refractivity contribution is 0.128. The molecule has 200 valence electrons. The van der Waals surface area contributed by atoms with Crippen LogP contribution in [0.5, 0.6) is 11.5 Å². The topological polar surface area (TPSA) is 61.8 Å². The van der Waals surface area contributed by atoms with Gasteiger partial charge in [-0.05, 0) is 61.1 Å². The molecule has 0 aromatic heterocycles. The first-order valence-electron chi connectivity index (χ1n) is 13.6. The molecule has 2 heterocycles. The van der Waals surface area contributed by atoms with Crippen molar-refractivity contribution in [2.75, 3.05) is 25.5 Å². The third-order valence-corrected chi connectivity index (χ3v) is 12.4. The monoisotopic (exact) mass is 558 g/mol. The Hall–Kier alpha value is -3.10. The molecule has 0 radical (unpaired) electrons. The maximum Gasteiger partial charge on any atom is 0.277 e. The second kappa shape index (κ2) is 11.2. The van der Waals surface area contributed by atoms with Gasteiger partial charge in [-0.2, -0.15) is 0 Å². The Balaban J connectivity index is 0.962. The maximum absolute atomic E-state index is 13.8. The molecule has 0 spiro atoms. The normalized spacial score (nSPS) is 20.5. The molecule has 39 heavy (non-hydrogen) atoms. The quantitative estimate of drug-likeness (QED) is 0.146. The van der Waals surface area contributed by atoms with Crippen LogP contribution in [-0.4, -0.2) is 25.5 Å². The lowest BCUT2D eigenvalue weighted by Gasteiger charge is -2.28. The molecule has 5 nitrogen and oxygen atoms in total. The average Bonchev–Trinajstić information content (AvgIpc) is 2.97. The fraction of sp³-hybridized carbons (Fsp3) is 0.250. The summed E-state index contributed by atoms with van der Waals surface area (Å²) in [6.07, 6.45) is 4.11. The number of hydrogen-bond donors (Lipinski definition) is 0. The van der Waals surface area contributed by atoms with Crippen molar-refractivity contribution in [1.82, 2.24) is 0 Å². The summed E-state index contributed by atoms with van der Waals surface area (Å²) < 4.78 is 45.7. The van der Waals surface area contributed by atoms with Crippen LogP contribution >= 0.6 is 14.7 Å². The van der Waals surface area contributed by atoms with Gasteiger partial charge in [0.1, 0.15) is 11.5 Å². The van der Waals surface area contributed by atoms with E-state index in [0.29, 0.717) is 37.0 Å². The molecular weight excluding hydrogens is 526 g/mol. The van der Waals surface area contributed by atoms with Crippen LogP contribution < -0.4 is 19.7 Å². The molecule has 2 aliphatic rings. The highest BCUT2D eigenvalue weighted by Crippen LogP contribution is 2.56. The number of rotatable bonds is 10. The first-order chi connectivity index (χ1) is 19.1. The fourth-order valence-corrected chi connectivity index (χ4v) is 10.3. The van der Waals surface area contributed by atoms with E-state index in [9.17, 15) is 9.13 Å². The van der Waals surface area contributed by atoms with Gasteiger partial charge in [0.2, 0.25) is 0 Å². The standard InChI is InChI=1S/C32H32O5P2/c33-38(31-19-7-3-15-27(31)25-13-1-5-17-29(25)36-38)23-11-9-21-35-22-10-12-24-39(34)32-20-8-4-16-28(32)26-14-2-6-18-30(26)37-39/h1-8,13-20H,9-12,21-24H2. The number of unbranched alkanes of at least 4 members (excludes halogenated alkanes) is 2. The zero-order valence-corrected chi connectivity index (χ0v) is 23.6. The Morgan fingerprint density at radius 2 is 0.872 bits per heavy atom. The summed E-state index contributed by atoms with van der Waals surface area (Å²) in [6.45, 7) is 1.20. The zero-order chi connectivity index (χ0) is 26.7. The van der Waals surface area contributed by atoms with E-state index in [1.165, 1.54) is 0 Å². The fourth-order valence-electron chi connectivity index (χ4n) is 5.43. The minimum absolute atomic E-state index is 0.489. The molecular formula is C32H32O5P2. The van der Waals surface area contributed by atoms with Crippen molar-refractivity contribution in [3.05, 3.63) is 97.1 Å². The van der Waals surface area contributed by atoms with Crippen LogP contribution in [0.15, 0.2) is 97.1 Å². The van der Waals surface area contributed by atoms with Crippen LogP contribution in [0.1, 0.15) is 25.7 Å². The minimum Gasteiger partial charge on any atom is -0.439 e. The number of ether oxygens (including phenoxy) is 1. The molecule has 0 fully saturated rings. The van der Waals surface area contributed by atoms with Gasteiger partial charge in [0.05, 0.1) is 10.6 Å². The van der Waals surface area contributed by atoms with Crippen LogP contribution in [0.25, 0.3) is 22.3 Å². The summed E-state index contributed by atoms with van der Waals surface area (Å²) in [4.78, 5) is 0. The van der Waals surface area contributed by atoms with Gasteiger partial charge in [0.15, 0.2) is 0 Å². The van der Waals surface area contributed by atoms with Crippen molar-refractivity contribution < 1.29 is 22.9 Å². The van der Waals surface area contributed by atoms with Crippen molar-refractivity contribution in [2.24, 2.45) is 0 Å². The van der Waals surface area contributed by atoms with Crippen molar-refractivity contribution in [3.63, 3.8) is 0 Å². The number of para-hydroxylation sites is 2. The highest BCUT2D eigenvalue weighted by molar-refractivity contribution is 7.68. The van der Waals surface area contributed by atoms with E-state index < -0.39 is 14.7 Å². The van der Waals surface area contributed by atoms with Crippen molar-refractivity contribution in [1.29, 1.82) is 0 Å². The molecule has 0 N–H and O–H groups in total. The summed E-state index contributed by atoms with van der Waals surface area (Å²) in [5, 5.41) is 1.63. The average molecular weight is 559 g/mol. The van der Waals surface area contributed by atoms with Gasteiger partial charge < -0.3 is 13.8 Å². The smallest absolute Gasteiger partial charge is 0.277 e. The molecule has 0 aliphatic carbocycles. The van der Waals surface area contributed by atoms with Crippen LogP contribution in [0.4, 0.5) is 0 Å². The van der Waals surface area contributed by atoms with Crippen molar-refractivity contribution >= 4 is 25.3 Å². The number of benzene rings is 4. The molecule has 0 amide bonds. The molecule has 4 aromatic carbocycles. The molecule has 0 saturated carbocycles. The third-order valence-electron chi connectivity index (χ3n) is 7.37. The highest BCUT2D eigenvalue weighted by Gasteiger charge is 2.36. The lowest BCUT2D eigenvalue weighted by Crippen LogP contribution is -2.20. The van der Waals surface area contributed by atoms with E-state index in [1.807, 2.05) is 97.1 Å². The summed E-state index contributed by atoms with van der Waals surface area (Å²) in [5.41, 5.74) is 4.00.